The molecule has 2 aromatic heterocycles. The zero-order valence-corrected chi connectivity index (χ0v) is 16.9. The molecule has 1 atom stereocenters. The summed E-state index contributed by atoms with van der Waals surface area (Å²) < 4.78 is 7.72. The molecule has 8 heteroatoms. The van der Waals surface area contributed by atoms with Crippen LogP contribution in [0.2, 0.25) is 0 Å². The van der Waals surface area contributed by atoms with Crippen LogP contribution >= 0.6 is 0 Å². The van der Waals surface area contributed by atoms with Gasteiger partial charge in [0.25, 0.3) is 0 Å². The van der Waals surface area contributed by atoms with E-state index in [-0.39, 0.29) is 18.2 Å². The monoisotopic (exact) mass is 386 g/mol. The van der Waals surface area contributed by atoms with Crippen molar-refractivity contribution in [1.29, 1.82) is 0 Å². The van der Waals surface area contributed by atoms with E-state index in [1.165, 1.54) is 5.69 Å². The Kier molecular flexibility index (Phi) is 5.39. The van der Waals surface area contributed by atoms with E-state index in [2.05, 4.69) is 38.8 Å². The largest absolute Gasteiger partial charge is 0.445 e. The number of likely N-dealkylation sites (tertiary alicyclic amines) is 1. The lowest BCUT2D eigenvalue weighted by molar-refractivity contribution is 0.0641. The number of rotatable bonds is 4. The van der Waals surface area contributed by atoms with E-state index in [9.17, 15) is 4.79 Å². The molecular weight excluding hydrogens is 356 g/mol. The summed E-state index contributed by atoms with van der Waals surface area (Å²) in [6, 6.07) is 0.273. The maximum atomic E-state index is 12.3. The molecule has 0 saturated carbocycles. The van der Waals surface area contributed by atoms with E-state index in [1.54, 1.807) is 0 Å². The van der Waals surface area contributed by atoms with Gasteiger partial charge in [0.15, 0.2) is 11.5 Å². The Morgan fingerprint density at radius 3 is 2.79 bits per heavy atom. The molecule has 8 nitrogen and oxygen atoms in total. The highest BCUT2D eigenvalue weighted by Gasteiger charge is 2.27. The molecule has 1 amide bonds. The first-order valence-corrected chi connectivity index (χ1v) is 10.3. The number of anilines is 1. The van der Waals surface area contributed by atoms with Crippen LogP contribution in [-0.4, -0.2) is 63.7 Å². The van der Waals surface area contributed by atoms with Gasteiger partial charge in [-0.05, 0) is 38.6 Å². The number of nitrogens with zero attached hydrogens (tertiary/aromatic N) is 4. The van der Waals surface area contributed by atoms with Crippen LogP contribution in [0.25, 0.3) is 5.65 Å². The number of imidazole rings is 1. The molecule has 0 unspecified atom stereocenters. The highest BCUT2D eigenvalue weighted by atomic mass is 16.6. The molecule has 0 spiro atoms. The Bertz CT molecular complexity index is 835. The van der Waals surface area contributed by atoms with Crippen molar-refractivity contribution in [1.82, 2.24) is 24.6 Å². The van der Waals surface area contributed by atoms with Crippen molar-refractivity contribution in [3.05, 3.63) is 23.8 Å². The molecule has 0 bridgehead atoms. The summed E-state index contributed by atoms with van der Waals surface area (Å²) in [5.74, 6) is 1.22. The van der Waals surface area contributed by atoms with Crippen molar-refractivity contribution < 1.29 is 9.53 Å². The van der Waals surface area contributed by atoms with Gasteiger partial charge >= 0.3 is 6.09 Å². The average Bonchev–Trinajstić information content (AvgIpc) is 3.31. The third kappa shape index (κ3) is 3.92. The third-order valence-electron chi connectivity index (χ3n) is 5.61. The fourth-order valence-corrected chi connectivity index (χ4v) is 4.00. The van der Waals surface area contributed by atoms with Gasteiger partial charge in [-0.1, -0.05) is 13.8 Å². The smallest absolute Gasteiger partial charge is 0.410 e. The van der Waals surface area contributed by atoms with Gasteiger partial charge in [0.2, 0.25) is 0 Å². The zero-order valence-electron chi connectivity index (χ0n) is 16.9. The third-order valence-corrected chi connectivity index (χ3v) is 5.61. The molecule has 28 heavy (non-hydrogen) atoms. The number of fused-ring (bicyclic) bond motifs is 1. The molecule has 152 valence electrons. The SMILES string of the molecule is Cc1cn2c(C(C)C)cnc2c(NC2CCN(C(=O)O[C@H]3CCNC3)CC2)n1. The second kappa shape index (κ2) is 7.95. The maximum absolute atomic E-state index is 12.3. The van der Waals surface area contributed by atoms with Crippen LogP contribution in [0.15, 0.2) is 12.4 Å². The van der Waals surface area contributed by atoms with Crippen LogP contribution in [-0.2, 0) is 4.74 Å². The van der Waals surface area contributed by atoms with E-state index < -0.39 is 0 Å². The number of piperidine rings is 1. The molecule has 2 N–H and O–H groups in total. The summed E-state index contributed by atoms with van der Waals surface area (Å²) in [5.41, 5.74) is 3.01. The minimum Gasteiger partial charge on any atom is -0.445 e. The summed E-state index contributed by atoms with van der Waals surface area (Å²) >= 11 is 0. The second-order valence-electron chi connectivity index (χ2n) is 8.17. The molecule has 4 rings (SSSR count). The minimum atomic E-state index is -0.182. The Labute approximate surface area is 165 Å². The number of hydrogen-bond acceptors (Lipinski definition) is 6. The predicted molar refractivity (Wildman–Crippen MR) is 108 cm³/mol. The van der Waals surface area contributed by atoms with Gasteiger partial charge in [-0.2, -0.15) is 0 Å². The van der Waals surface area contributed by atoms with E-state index in [0.717, 1.165) is 49.5 Å². The standard InChI is InChI=1S/C20H30N6O2/c1-13(2)17-11-22-19-18(23-14(3)12-26(17)19)24-15-5-8-25(9-6-15)20(27)28-16-4-7-21-10-16/h11-13,15-16,21H,4-10H2,1-3H3,(H,23,24)/t16-/m0/s1. The first kappa shape index (κ1) is 19.0. The molecule has 2 aromatic rings. The molecule has 4 heterocycles. The van der Waals surface area contributed by atoms with Crippen molar-refractivity contribution in [2.45, 2.75) is 58.1 Å². The molecule has 0 radical (unpaired) electrons. The van der Waals surface area contributed by atoms with Crippen LogP contribution in [0.3, 0.4) is 0 Å². The molecule has 2 aliphatic rings. The Morgan fingerprint density at radius 2 is 2.11 bits per heavy atom. The first-order chi connectivity index (χ1) is 13.5. The van der Waals surface area contributed by atoms with Crippen molar-refractivity contribution in [2.24, 2.45) is 0 Å². The number of ether oxygens (including phenoxy) is 1. The number of hydrogen-bond donors (Lipinski definition) is 2. The molecule has 2 saturated heterocycles. The lowest BCUT2D eigenvalue weighted by Gasteiger charge is -2.32. The quantitative estimate of drug-likeness (QED) is 0.840. The minimum absolute atomic E-state index is 0.0173. The van der Waals surface area contributed by atoms with Gasteiger partial charge in [-0.3, -0.25) is 4.40 Å². The van der Waals surface area contributed by atoms with Gasteiger partial charge in [-0.15, -0.1) is 0 Å². The molecule has 0 aromatic carbocycles. The van der Waals surface area contributed by atoms with Gasteiger partial charge in [-0.25, -0.2) is 14.8 Å². The van der Waals surface area contributed by atoms with Crippen molar-refractivity contribution in [3.63, 3.8) is 0 Å². The van der Waals surface area contributed by atoms with E-state index in [4.69, 9.17) is 4.74 Å². The zero-order chi connectivity index (χ0) is 19.7. The number of aromatic nitrogens is 3. The molecule has 2 fully saturated rings. The fourth-order valence-electron chi connectivity index (χ4n) is 4.00. The van der Waals surface area contributed by atoms with Gasteiger partial charge in [0.1, 0.15) is 6.10 Å². The van der Waals surface area contributed by atoms with Gasteiger partial charge in [0, 0.05) is 43.8 Å². The fraction of sp³-hybridized carbons (Fsp3) is 0.650. The normalized spacial score (nSPS) is 20.9. The number of carbonyl (C=O) groups is 1. The predicted octanol–water partition coefficient (Wildman–Crippen LogP) is 2.54. The Balaban J connectivity index is 1.39. The Morgan fingerprint density at radius 1 is 1.32 bits per heavy atom. The van der Waals surface area contributed by atoms with Crippen molar-refractivity contribution in [2.75, 3.05) is 31.5 Å². The van der Waals surface area contributed by atoms with E-state index in [1.807, 2.05) is 24.2 Å². The maximum Gasteiger partial charge on any atom is 0.410 e. The van der Waals surface area contributed by atoms with Crippen LogP contribution < -0.4 is 10.6 Å². The average molecular weight is 387 g/mol. The highest BCUT2D eigenvalue weighted by molar-refractivity contribution is 5.68. The number of carbonyl (C=O) groups excluding carboxylic acids is 1. The molecule has 0 aliphatic carbocycles. The van der Waals surface area contributed by atoms with Gasteiger partial charge < -0.3 is 20.3 Å². The summed E-state index contributed by atoms with van der Waals surface area (Å²) in [6.07, 6.45) is 6.46. The van der Waals surface area contributed by atoms with E-state index in [0.29, 0.717) is 19.0 Å². The first-order valence-electron chi connectivity index (χ1n) is 10.3. The lowest BCUT2D eigenvalue weighted by atomic mass is 10.1. The number of amides is 1. The van der Waals surface area contributed by atoms with E-state index >= 15 is 0 Å². The topological polar surface area (TPSA) is 83.8 Å². The summed E-state index contributed by atoms with van der Waals surface area (Å²) in [6.45, 7) is 9.43. The lowest BCUT2D eigenvalue weighted by Crippen LogP contribution is -2.44. The summed E-state index contributed by atoms with van der Waals surface area (Å²) in [4.78, 5) is 23.4. The van der Waals surface area contributed by atoms with Crippen LogP contribution in [0, 0.1) is 6.92 Å². The van der Waals surface area contributed by atoms with Crippen molar-refractivity contribution in [3.8, 4) is 0 Å². The summed E-state index contributed by atoms with van der Waals surface area (Å²) in [5, 5.41) is 6.79. The van der Waals surface area contributed by atoms with Crippen molar-refractivity contribution >= 4 is 17.6 Å². The Hall–Kier alpha value is -2.35. The number of aryl methyl sites for hydroxylation is 1. The molecular formula is C20H30N6O2. The van der Waals surface area contributed by atoms with Crippen LogP contribution in [0.5, 0.6) is 0 Å². The van der Waals surface area contributed by atoms with Crippen LogP contribution in [0.1, 0.15) is 50.4 Å². The summed E-state index contributed by atoms with van der Waals surface area (Å²) in [7, 11) is 0. The molecule has 2 aliphatic heterocycles. The van der Waals surface area contributed by atoms with Crippen LogP contribution in [0.4, 0.5) is 10.6 Å². The number of nitrogens with one attached hydrogen (secondary N) is 2. The van der Waals surface area contributed by atoms with Gasteiger partial charge in [0.05, 0.1) is 5.69 Å². The second-order valence-corrected chi connectivity index (χ2v) is 8.17. The highest BCUT2D eigenvalue weighted by Crippen LogP contribution is 2.24.